The standard InChI is InChI=1S/C14H13ClN2O3.2C4H9.Sn/c1-8-14(20)11(9(7-18)5-16-8)6-17-12-4-10(15)2-3-13(12)19;2*1-3-4-2;/h2-6,18-20H,7H2,1H3;2*1,3-4H2,2H3;/q;;;+2/p-2. The molecule has 1 N–H and O–H groups in total. The number of nitrogens with zero attached hydrogens (tertiary/aromatic N) is 2. The van der Waals surface area contributed by atoms with Gasteiger partial charge in [0.2, 0.25) is 0 Å². The summed E-state index contributed by atoms with van der Waals surface area (Å²) in [7, 11) is 0. The van der Waals surface area contributed by atoms with E-state index in [-0.39, 0.29) is 50.5 Å². The smallest absolute Gasteiger partial charge is 0.0703 e. The Kier molecular flexibility index (Phi) is 13.0. The van der Waals surface area contributed by atoms with E-state index in [2.05, 4.69) is 23.8 Å². The molecule has 1 aromatic heterocycles. The van der Waals surface area contributed by atoms with Crippen molar-refractivity contribution in [2.45, 2.75) is 61.9 Å². The molecule has 0 aliphatic carbocycles. The fourth-order valence-corrected chi connectivity index (χ4v) is 6.69. The first-order chi connectivity index (χ1) is 13.9. The predicted octanol–water partition coefficient (Wildman–Crippen LogP) is 4.56. The molecule has 156 valence electrons. The van der Waals surface area contributed by atoms with Crippen LogP contribution in [0.25, 0.3) is 0 Å². The molecule has 2 aromatic rings. The fraction of sp³-hybridized carbons (Fsp3) is 0.455. The predicted molar refractivity (Wildman–Crippen MR) is 118 cm³/mol. The van der Waals surface area contributed by atoms with Gasteiger partial charge in [0.1, 0.15) is 0 Å². The van der Waals surface area contributed by atoms with Crippen LogP contribution >= 0.6 is 11.6 Å². The minimum atomic E-state index is -0.330. The second-order valence-electron chi connectivity index (χ2n) is 6.60. The Bertz CT molecular complexity index is 779. The van der Waals surface area contributed by atoms with Crippen LogP contribution in [0.1, 0.15) is 56.4 Å². The van der Waals surface area contributed by atoms with Gasteiger partial charge in [0.25, 0.3) is 0 Å². The third-order valence-electron chi connectivity index (χ3n) is 4.17. The Morgan fingerprint density at radius 3 is 2.41 bits per heavy atom. The molecule has 7 heteroatoms. The molecule has 0 saturated heterocycles. The minimum absolute atomic E-state index is 0.134. The average molecular weight is 524 g/mol. The second kappa shape index (κ2) is 14.6. The molecule has 0 amide bonds. The summed E-state index contributed by atoms with van der Waals surface area (Å²) < 4.78 is 3.25. The third kappa shape index (κ3) is 9.36. The Balaban J connectivity index is 0.000000396. The van der Waals surface area contributed by atoms with E-state index in [1.165, 1.54) is 56.3 Å². The molecular weight excluding hydrogens is 494 g/mol. The number of hydrogen-bond acceptors (Lipinski definition) is 5. The van der Waals surface area contributed by atoms with Crippen molar-refractivity contribution in [3.63, 3.8) is 0 Å². The van der Waals surface area contributed by atoms with Gasteiger partial charge in [-0.05, 0) is 24.6 Å². The Morgan fingerprint density at radius 1 is 1.17 bits per heavy atom. The summed E-state index contributed by atoms with van der Waals surface area (Å²) in [6.45, 7) is 5.82. The number of halogens is 1. The molecule has 0 atom stereocenters. The van der Waals surface area contributed by atoms with Gasteiger partial charge < -0.3 is 15.3 Å². The quantitative estimate of drug-likeness (QED) is 0.296. The van der Waals surface area contributed by atoms with Crippen LogP contribution < -0.4 is 10.2 Å². The summed E-state index contributed by atoms with van der Waals surface area (Å²) in [5.41, 5.74) is 1.02. The molecule has 0 fully saturated rings. The zero-order valence-electron chi connectivity index (χ0n) is 17.4. The van der Waals surface area contributed by atoms with Gasteiger partial charge in [-0.2, -0.15) is 0 Å². The van der Waals surface area contributed by atoms with E-state index in [9.17, 15) is 15.3 Å². The van der Waals surface area contributed by atoms with E-state index in [1.54, 1.807) is 15.8 Å². The van der Waals surface area contributed by atoms with E-state index >= 15 is 0 Å². The summed E-state index contributed by atoms with van der Waals surface area (Å²) >= 11 is 5.94. The van der Waals surface area contributed by atoms with E-state index < -0.39 is 0 Å². The molecule has 1 aromatic carbocycles. The van der Waals surface area contributed by atoms with Crippen molar-refractivity contribution in [2.24, 2.45) is 4.99 Å². The zero-order chi connectivity index (χ0) is 21.6. The van der Waals surface area contributed by atoms with Crippen LogP contribution in [0.4, 0.5) is 5.69 Å². The molecule has 2 rings (SSSR count). The molecule has 0 aliphatic heterocycles. The summed E-state index contributed by atoms with van der Waals surface area (Å²) in [5, 5.41) is 33.1. The fourth-order valence-electron chi connectivity index (χ4n) is 2.37. The van der Waals surface area contributed by atoms with Gasteiger partial charge in [0.05, 0.1) is 12.3 Å². The van der Waals surface area contributed by atoms with Crippen molar-refractivity contribution in [3.05, 3.63) is 46.2 Å². The zero-order valence-corrected chi connectivity index (χ0v) is 21.0. The number of pyridine rings is 1. The normalized spacial score (nSPS) is 10.5. The molecule has 0 saturated carbocycles. The monoisotopic (exact) mass is 524 g/mol. The molecule has 29 heavy (non-hydrogen) atoms. The average Bonchev–Trinajstić information content (AvgIpc) is 2.72. The molecule has 0 bridgehead atoms. The van der Waals surface area contributed by atoms with Crippen LogP contribution in [-0.4, -0.2) is 37.4 Å². The van der Waals surface area contributed by atoms with Crippen molar-refractivity contribution >= 4 is 44.6 Å². The molecule has 5 nitrogen and oxygen atoms in total. The van der Waals surface area contributed by atoms with Crippen molar-refractivity contribution in [3.8, 4) is 11.5 Å². The third-order valence-corrected chi connectivity index (χ3v) is 8.44. The number of aliphatic hydroxyl groups excluding tert-OH is 1. The topological polar surface area (TPSA) is 91.6 Å². The Morgan fingerprint density at radius 2 is 1.83 bits per heavy atom. The van der Waals surface area contributed by atoms with Gasteiger partial charge in [-0.15, -0.1) is 0 Å². The number of aliphatic imine (C=N–C) groups is 1. The Labute approximate surface area is 189 Å². The van der Waals surface area contributed by atoms with E-state index in [0.717, 1.165) is 0 Å². The van der Waals surface area contributed by atoms with Crippen molar-refractivity contribution in [1.29, 1.82) is 0 Å². The van der Waals surface area contributed by atoms with Crippen molar-refractivity contribution in [2.75, 3.05) is 0 Å². The second-order valence-corrected chi connectivity index (χ2v) is 11.3. The largest absolute Gasteiger partial charge is 0.871 e. The Hall–Kier alpha value is -1.31. The molecule has 1 heterocycles. The van der Waals surface area contributed by atoms with Gasteiger partial charge in [0.15, 0.2) is 0 Å². The number of aromatic nitrogens is 1. The van der Waals surface area contributed by atoms with Crippen molar-refractivity contribution in [1.82, 2.24) is 4.98 Å². The first-order valence-electron chi connectivity index (χ1n) is 9.92. The van der Waals surface area contributed by atoms with Crippen LogP contribution in [0, 0.1) is 6.92 Å². The molecular formula is C22H29ClN2O3Sn. The molecule has 0 radical (unpaired) electrons. The molecule has 0 spiro atoms. The van der Waals surface area contributed by atoms with Crippen LogP contribution in [0.5, 0.6) is 11.5 Å². The van der Waals surface area contributed by atoms with Crippen LogP contribution in [0.15, 0.2) is 29.4 Å². The number of unbranched alkanes of at least 4 members (excludes halogenated alkanes) is 2. The van der Waals surface area contributed by atoms with E-state index in [1.807, 2.05) is 0 Å². The number of benzene rings is 1. The van der Waals surface area contributed by atoms with Crippen LogP contribution in [0.2, 0.25) is 13.9 Å². The van der Waals surface area contributed by atoms with Gasteiger partial charge >= 0.3 is 69.5 Å². The maximum atomic E-state index is 12.0. The van der Waals surface area contributed by atoms with E-state index in [0.29, 0.717) is 16.3 Å². The number of hydrogen-bond donors (Lipinski definition) is 1. The van der Waals surface area contributed by atoms with Gasteiger partial charge in [-0.25, -0.2) is 0 Å². The molecule has 0 unspecified atom stereocenters. The summed E-state index contributed by atoms with van der Waals surface area (Å²) in [6, 6.07) is 4.19. The van der Waals surface area contributed by atoms with Gasteiger partial charge in [-0.1, -0.05) is 29.2 Å². The van der Waals surface area contributed by atoms with Gasteiger partial charge in [0, 0.05) is 28.7 Å². The number of rotatable bonds is 9. The molecule has 0 aliphatic rings. The van der Waals surface area contributed by atoms with E-state index in [4.69, 9.17) is 11.6 Å². The number of aryl methyl sites for hydroxylation is 1. The van der Waals surface area contributed by atoms with Crippen LogP contribution in [-0.2, 0) is 6.61 Å². The summed E-state index contributed by atoms with van der Waals surface area (Å²) in [5.74, 6) is -0.621. The minimum Gasteiger partial charge on any atom is -0.871 e. The van der Waals surface area contributed by atoms with Crippen LogP contribution in [0.3, 0.4) is 0 Å². The van der Waals surface area contributed by atoms with Gasteiger partial charge in [-0.3, -0.25) is 9.98 Å². The summed E-state index contributed by atoms with van der Waals surface area (Å²) in [4.78, 5) is 7.87. The number of aliphatic hydroxyl groups is 1. The summed E-state index contributed by atoms with van der Waals surface area (Å²) in [6.07, 6.45) is 8.51. The first kappa shape index (κ1) is 25.7. The SMILES string of the molecule is CCC[CH2][Sn+2][CH2]CCC.Cc1ncc(CO)c(C=Nc2cc(Cl)ccc2[O-])c1[O-]. The maximum Gasteiger partial charge on any atom is 0.0703 e. The maximum absolute atomic E-state index is 12.0. The first-order valence-corrected chi connectivity index (χ1v) is 14.3. The van der Waals surface area contributed by atoms with Crippen molar-refractivity contribution < 1.29 is 15.3 Å².